The van der Waals surface area contributed by atoms with Crippen LogP contribution in [-0.2, 0) is 7.05 Å². The fourth-order valence-corrected chi connectivity index (χ4v) is 2.36. The number of carbonyl (C=O) groups is 1. The van der Waals surface area contributed by atoms with Crippen LogP contribution in [0.25, 0.3) is 17.0 Å². The van der Waals surface area contributed by atoms with Crippen LogP contribution < -0.4 is 28.5 Å². The lowest BCUT2D eigenvalue weighted by Gasteiger charge is -1.98. The predicted octanol–water partition coefficient (Wildman–Crippen LogP) is 0.564. The van der Waals surface area contributed by atoms with Crippen molar-refractivity contribution in [1.29, 1.82) is 0 Å². The van der Waals surface area contributed by atoms with Crippen LogP contribution in [-0.4, -0.2) is 5.78 Å². The third-order valence-electron chi connectivity index (χ3n) is 3.50. The van der Waals surface area contributed by atoms with Crippen LogP contribution in [0.5, 0.6) is 0 Å². The van der Waals surface area contributed by atoms with Crippen molar-refractivity contribution in [3.63, 3.8) is 0 Å². The number of halogens is 1. The largest absolute Gasteiger partial charge is 1.00 e. The average Bonchev–Trinajstić information content (AvgIpc) is 2.53. The molecule has 3 heteroatoms. The van der Waals surface area contributed by atoms with Crippen LogP contribution in [0, 0.1) is 0 Å². The minimum Gasteiger partial charge on any atom is -1.00 e. The predicted molar refractivity (Wildman–Crippen MR) is 84.9 cm³/mol. The van der Waals surface area contributed by atoms with Crippen molar-refractivity contribution in [2.75, 3.05) is 0 Å². The number of fused-ring (bicyclic) bond motifs is 1. The van der Waals surface area contributed by atoms with Crippen LogP contribution in [0.3, 0.4) is 0 Å². The number of aryl methyl sites for hydroxylation is 1. The molecule has 0 aliphatic heterocycles. The van der Waals surface area contributed by atoms with Gasteiger partial charge >= 0.3 is 0 Å². The lowest BCUT2D eigenvalue weighted by Crippen LogP contribution is -3.00. The van der Waals surface area contributed by atoms with Gasteiger partial charge in [-0.25, -0.2) is 4.57 Å². The van der Waals surface area contributed by atoms with E-state index in [2.05, 4.69) is 22.8 Å². The van der Waals surface area contributed by atoms with Crippen molar-refractivity contribution in [1.82, 2.24) is 0 Å². The Balaban J connectivity index is 0.00000176. The number of benzene rings is 2. The van der Waals surface area contributed by atoms with Gasteiger partial charge in [0.15, 0.2) is 12.0 Å². The van der Waals surface area contributed by atoms with E-state index in [0.29, 0.717) is 5.56 Å². The van der Waals surface area contributed by atoms with E-state index in [1.807, 2.05) is 61.8 Å². The van der Waals surface area contributed by atoms with E-state index in [-0.39, 0.29) is 29.8 Å². The Morgan fingerprint density at radius 3 is 2.55 bits per heavy atom. The molecule has 22 heavy (non-hydrogen) atoms. The molecule has 0 atom stereocenters. The van der Waals surface area contributed by atoms with E-state index >= 15 is 0 Å². The molecule has 0 radical (unpaired) electrons. The van der Waals surface area contributed by atoms with Crippen LogP contribution >= 0.6 is 0 Å². The summed E-state index contributed by atoms with van der Waals surface area (Å²) in [5.41, 5.74) is 2.91. The first-order chi connectivity index (χ1) is 10.2. The Kier molecular flexibility index (Phi) is 5.44. The number of allylic oxidation sites excluding steroid dienone is 1. The van der Waals surface area contributed by atoms with E-state index in [9.17, 15) is 4.79 Å². The first-order valence-electron chi connectivity index (χ1n) is 6.90. The van der Waals surface area contributed by atoms with E-state index in [1.165, 1.54) is 5.52 Å². The number of hydrogen-bond donors (Lipinski definition) is 0. The molecule has 0 saturated carbocycles. The molecule has 0 N–H and O–H groups in total. The molecule has 0 unspecified atom stereocenters. The molecule has 110 valence electrons. The average molecular weight is 401 g/mol. The van der Waals surface area contributed by atoms with E-state index in [0.717, 1.165) is 10.9 Å². The molecule has 0 bridgehead atoms. The summed E-state index contributed by atoms with van der Waals surface area (Å²) in [7, 11) is 2.02. The standard InChI is InChI=1S/C19H16NO.HI/c1-20-13-5-8-17-14-15(9-11-18(17)20)10-12-19(21)16-6-3-2-4-7-16;/h2-14H,1H3;1H/q+1;/p-1/b12-10+;. The molecule has 0 spiro atoms. The number of pyridine rings is 1. The van der Waals surface area contributed by atoms with Crippen LogP contribution in [0.2, 0.25) is 0 Å². The van der Waals surface area contributed by atoms with Gasteiger partial charge in [-0.05, 0) is 29.8 Å². The van der Waals surface area contributed by atoms with Gasteiger partial charge in [-0.3, -0.25) is 4.79 Å². The van der Waals surface area contributed by atoms with Crippen molar-refractivity contribution in [2.24, 2.45) is 7.05 Å². The smallest absolute Gasteiger partial charge is 0.212 e. The molecule has 0 aliphatic rings. The Morgan fingerprint density at radius 2 is 1.77 bits per heavy atom. The first kappa shape index (κ1) is 16.4. The Bertz CT molecular complexity index is 825. The second-order valence-electron chi connectivity index (χ2n) is 5.00. The zero-order chi connectivity index (χ0) is 14.7. The molecule has 0 aliphatic carbocycles. The molecule has 1 heterocycles. The van der Waals surface area contributed by atoms with Gasteiger partial charge in [0, 0.05) is 23.1 Å². The Hall–Kier alpha value is -2.01. The van der Waals surface area contributed by atoms with E-state index < -0.39 is 0 Å². The summed E-state index contributed by atoms with van der Waals surface area (Å²) >= 11 is 0. The van der Waals surface area contributed by atoms with Gasteiger partial charge in [0.25, 0.3) is 0 Å². The van der Waals surface area contributed by atoms with E-state index in [4.69, 9.17) is 0 Å². The highest BCUT2D eigenvalue weighted by Crippen LogP contribution is 2.14. The first-order valence-corrected chi connectivity index (χ1v) is 6.90. The van der Waals surface area contributed by atoms with Gasteiger partial charge in [0.05, 0.1) is 0 Å². The third kappa shape index (κ3) is 3.60. The summed E-state index contributed by atoms with van der Waals surface area (Å²) < 4.78 is 2.08. The zero-order valence-electron chi connectivity index (χ0n) is 12.2. The normalized spacial score (nSPS) is 10.6. The van der Waals surface area contributed by atoms with Crippen LogP contribution in [0.1, 0.15) is 15.9 Å². The Labute approximate surface area is 147 Å². The minimum atomic E-state index is 0. The summed E-state index contributed by atoms with van der Waals surface area (Å²) in [6.45, 7) is 0. The van der Waals surface area contributed by atoms with Gasteiger partial charge in [-0.15, -0.1) is 0 Å². The fourth-order valence-electron chi connectivity index (χ4n) is 2.36. The SMILES string of the molecule is C[n+]1cccc2cc(/C=C/C(=O)c3ccccc3)ccc21.[I-]. The highest BCUT2D eigenvalue weighted by molar-refractivity contribution is 6.06. The van der Waals surface area contributed by atoms with Gasteiger partial charge in [0.2, 0.25) is 5.52 Å². The number of carbonyl (C=O) groups excluding carboxylic acids is 1. The second-order valence-corrected chi connectivity index (χ2v) is 5.00. The van der Waals surface area contributed by atoms with Crippen LogP contribution in [0.4, 0.5) is 0 Å². The number of nitrogens with zero attached hydrogens (tertiary/aromatic N) is 1. The third-order valence-corrected chi connectivity index (χ3v) is 3.50. The van der Waals surface area contributed by atoms with Gasteiger partial charge < -0.3 is 24.0 Å². The number of rotatable bonds is 3. The number of hydrogen-bond acceptors (Lipinski definition) is 1. The molecule has 0 fully saturated rings. The minimum absolute atomic E-state index is 0. The molecule has 1 aromatic heterocycles. The van der Waals surface area contributed by atoms with Gasteiger partial charge in [-0.2, -0.15) is 0 Å². The summed E-state index contributed by atoms with van der Waals surface area (Å²) in [4.78, 5) is 12.0. The molecule has 2 nitrogen and oxygen atoms in total. The van der Waals surface area contributed by atoms with E-state index in [1.54, 1.807) is 6.08 Å². The monoisotopic (exact) mass is 401 g/mol. The van der Waals surface area contributed by atoms with Crippen molar-refractivity contribution in [2.45, 2.75) is 0 Å². The highest BCUT2D eigenvalue weighted by atomic mass is 127. The highest BCUT2D eigenvalue weighted by Gasteiger charge is 2.04. The molecular weight excluding hydrogens is 385 g/mol. The van der Waals surface area contributed by atoms with Crippen molar-refractivity contribution >= 4 is 22.8 Å². The van der Waals surface area contributed by atoms with Crippen molar-refractivity contribution < 1.29 is 33.3 Å². The zero-order valence-corrected chi connectivity index (χ0v) is 14.4. The lowest BCUT2D eigenvalue weighted by atomic mass is 10.1. The second kappa shape index (κ2) is 7.31. The topological polar surface area (TPSA) is 20.9 Å². The number of aromatic nitrogens is 1. The van der Waals surface area contributed by atoms with Gasteiger partial charge in [-0.1, -0.05) is 36.4 Å². The molecule has 3 aromatic rings. The van der Waals surface area contributed by atoms with Crippen molar-refractivity contribution in [3.8, 4) is 0 Å². The molecule has 2 aromatic carbocycles. The number of ketones is 1. The quantitative estimate of drug-likeness (QED) is 0.272. The Morgan fingerprint density at radius 1 is 1.00 bits per heavy atom. The summed E-state index contributed by atoms with van der Waals surface area (Å²) in [5.74, 6) is 0.0225. The maximum absolute atomic E-state index is 12.0. The maximum Gasteiger partial charge on any atom is 0.212 e. The summed E-state index contributed by atoms with van der Waals surface area (Å²) in [6.07, 6.45) is 5.51. The maximum atomic E-state index is 12.0. The summed E-state index contributed by atoms with van der Waals surface area (Å²) in [6, 6.07) is 19.6. The van der Waals surface area contributed by atoms with Gasteiger partial charge in [0.1, 0.15) is 7.05 Å². The fraction of sp³-hybridized carbons (Fsp3) is 0.0526. The molecular formula is C19H16INO. The van der Waals surface area contributed by atoms with Crippen molar-refractivity contribution in [3.05, 3.63) is 84.1 Å². The molecule has 0 saturated heterocycles. The molecule has 0 amide bonds. The lowest BCUT2D eigenvalue weighted by molar-refractivity contribution is -0.644. The summed E-state index contributed by atoms with van der Waals surface area (Å²) in [5, 5.41) is 1.16. The van der Waals surface area contributed by atoms with Crippen LogP contribution in [0.15, 0.2) is 72.9 Å². The molecule has 3 rings (SSSR count).